The van der Waals surface area contributed by atoms with Gasteiger partial charge in [0.1, 0.15) is 24.5 Å². The fourth-order valence-electron chi connectivity index (χ4n) is 2.52. The first-order valence-electron chi connectivity index (χ1n) is 8.02. The second kappa shape index (κ2) is 8.13. The van der Waals surface area contributed by atoms with Crippen LogP contribution in [-0.2, 0) is 4.74 Å². The Kier molecular flexibility index (Phi) is 5.65. The molecule has 0 aromatic heterocycles. The SMILES string of the molecule is COc1ccc(C(=O)COC(=O)c2cc3c(cc2[N+](=O)[O-])OCCO3)cc1Cl. The number of rotatable bonds is 6. The Morgan fingerprint density at radius 2 is 1.86 bits per heavy atom. The molecular weight excluding hydrogens is 394 g/mol. The van der Waals surface area contributed by atoms with Crippen LogP contribution in [0.3, 0.4) is 0 Å². The van der Waals surface area contributed by atoms with E-state index in [0.717, 1.165) is 6.07 Å². The van der Waals surface area contributed by atoms with Crippen molar-refractivity contribution in [3.8, 4) is 17.2 Å². The van der Waals surface area contributed by atoms with E-state index in [9.17, 15) is 19.7 Å². The van der Waals surface area contributed by atoms with E-state index >= 15 is 0 Å². The van der Waals surface area contributed by atoms with E-state index in [-0.39, 0.29) is 40.9 Å². The lowest BCUT2D eigenvalue weighted by molar-refractivity contribution is -0.385. The second-order valence-corrected chi connectivity index (χ2v) is 6.03. The minimum absolute atomic E-state index is 0.165. The van der Waals surface area contributed by atoms with Crippen molar-refractivity contribution in [2.45, 2.75) is 0 Å². The maximum Gasteiger partial charge on any atom is 0.345 e. The summed E-state index contributed by atoms with van der Waals surface area (Å²) in [6.07, 6.45) is 0. The number of halogens is 1. The third-order valence-corrected chi connectivity index (χ3v) is 4.18. The van der Waals surface area contributed by atoms with Crippen LogP contribution in [0.1, 0.15) is 20.7 Å². The van der Waals surface area contributed by atoms with Crippen LogP contribution in [0.2, 0.25) is 5.02 Å². The van der Waals surface area contributed by atoms with Crippen molar-refractivity contribution < 1.29 is 33.5 Å². The molecule has 10 heteroatoms. The molecule has 0 aliphatic carbocycles. The van der Waals surface area contributed by atoms with Crippen molar-refractivity contribution in [3.05, 3.63) is 56.6 Å². The van der Waals surface area contributed by atoms with Crippen molar-refractivity contribution in [1.29, 1.82) is 0 Å². The van der Waals surface area contributed by atoms with Gasteiger partial charge in [0.15, 0.2) is 23.9 Å². The number of nitrogens with zero attached hydrogens (tertiary/aromatic N) is 1. The zero-order valence-electron chi connectivity index (χ0n) is 14.6. The number of Topliss-reactive ketones (excluding diaryl/α,β-unsaturated/α-hetero) is 1. The van der Waals surface area contributed by atoms with Crippen molar-refractivity contribution in [3.63, 3.8) is 0 Å². The number of hydrogen-bond donors (Lipinski definition) is 0. The number of fused-ring (bicyclic) bond motifs is 1. The minimum atomic E-state index is -1.03. The van der Waals surface area contributed by atoms with Crippen LogP contribution in [-0.4, -0.2) is 43.6 Å². The van der Waals surface area contributed by atoms with Gasteiger partial charge in [0.2, 0.25) is 0 Å². The number of nitro benzene ring substituents is 1. The molecule has 0 fully saturated rings. The molecule has 0 atom stereocenters. The van der Waals surface area contributed by atoms with E-state index in [4.69, 9.17) is 30.5 Å². The topological polar surface area (TPSA) is 114 Å². The largest absolute Gasteiger partial charge is 0.495 e. The molecule has 146 valence electrons. The molecule has 3 rings (SSSR count). The van der Waals surface area contributed by atoms with E-state index in [1.54, 1.807) is 0 Å². The molecule has 0 spiro atoms. The van der Waals surface area contributed by atoms with Crippen LogP contribution >= 0.6 is 11.6 Å². The smallest absolute Gasteiger partial charge is 0.345 e. The van der Waals surface area contributed by atoms with E-state index in [0.29, 0.717) is 5.75 Å². The minimum Gasteiger partial charge on any atom is -0.495 e. The summed E-state index contributed by atoms with van der Waals surface area (Å²) in [6.45, 7) is -0.129. The Morgan fingerprint density at radius 1 is 1.18 bits per heavy atom. The van der Waals surface area contributed by atoms with Gasteiger partial charge >= 0.3 is 5.97 Å². The van der Waals surface area contributed by atoms with Gasteiger partial charge in [-0.15, -0.1) is 0 Å². The summed E-state index contributed by atoms with van der Waals surface area (Å²) in [6, 6.07) is 6.61. The zero-order valence-corrected chi connectivity index (χ0v) is 15.4. The third-order valence-electron chi connectivity index (χ3n) is 3.89. The number of hydrogen-bond acceptors (Lipinski definition) is 8. The molecule has 0 bridgehead atoms. The summed E-state index contributed by atoms with van der Waals surface area (Å²) in [5.74, 6) is -0.813. The van der Waals surface area contributed by atoms with Crippen molar-refractivity contribution >= 4 is 29.0 Å². The predicted octanol–water partition coefficient (Wildman–Crippen LogP) is 3.07. The average Bonchev–Trinajstić information content (AvgIpc) is 2.70. The van der Waals surface area contributed by atoms with Crippen LogP contribution in [0.5, 0.6) is 17.2 Å². The van der Waals surface area contributed by atoms with Gasteiger partial charge in [0.05, 0.1) is 23.1 Å². The highest BCUT2D eigenvalue weighted by molar-refractivity contribution is 6.32. The van der Waals surface area contributed by atoms with Gasteiger partial charge in [-0.25, -0.2) is 4.79 Å². The summed E-state index contributed by atoms with van der Waals surface area (Å²) < 4.78 is 20.6. The van der Waals surface area contributed by atoms with Crippen LogP contribution in [0.15, 0.2) is 30.3 Å². The quantitative estimate of drug-likeness (QED) is 0.310. The molecule has 0 saturated carbocycles. The van der Waals surface area contributed by atoms with Crippen LogP contribution in [0.25, 0.3) is 0 Å². The summed E-state index contributed by atoms with van der Waals surface area (Å²) in [4.78, 5) is 35.1. The van der Waals surface area contributed by atoms with Crippen molar-refractivity contribution in [2.24, 2.45) is 0 Å². The lowest BCUT2D eigenvalue weighted by atomic mass is 10.1. The predicted molar refractivity (Wildman–Crippen MR) is 96.7 cm³/mol. The number of carbonyl (C=O) groups is 2. The van der Waals surface area contributed by atoms with Gasteiger partial charge in [-0.05, 0) is 18.2 Å². The molecule has 0 radical (unpaired) electrons. The fraction of sp³-hybridized carbons (Fsp3) is 0.222. The molecule has 1 aliphatic rings. The number of esters is 1. The lowest BCUT2D eigenvalue weighted by Crippen LogP contribution is -2.18. The summed E-state index contributed by atoms with van der Waals surface area (Å²) in [5.41, 5.74) is -0.640. The van der Waals surface area contributed by atoms with Crippen molar-refractivity contribution in [2.75, 3.05) is 26.9 Å². The lowest BCUT2D eigenvalue weighted by Gasteiger charge is -2.18. The molecule has 9 nitrogen and oxygen atoms in total. The number of nitro groups is 1. The molecule has 1 heterocycles. The standard InChI is InChI=1S/C18H14ClNO8/c1-25-15-3-2-10(6-12(15)19)14(21)9-28-18(22)11-7-16-17(27-5-4-26-16)8-13(11)20(23)24/h2-3,6-8H,4-5,9H2,1H3. The second-order valence-electron chi connectivity index (χ2n) is 5.62. The highest BCUT2D eigenvalue weighted by atomic mass is 35.5. The first-order valence-corrected chi connectivity index (χ1v) is 8.40. The molecular formula is C18H14ClNO8. The Morgan fingerprint density at radius 3 is 2.46 bits per heavy atom. The highest BCUT2D eigenvalue weighted by Gasteiger charge is 2.28. The molecule has 0 N–H and O–H groups in total. The monoisotopic (exact) mass is 407 g/mol. The van der Waals surface area contributed by atoms with Crippen molar-refractivity contribution in [1.82, 2.24) is 0 Å². The Balaban J connectivity index is 1.76. The number of carbonyl (C=O) groups excluding carboxylic acids is 2. The van der Waals surface area contributed by atoms with Gasteiger partial charge in [-0.3, -0.25) is 14.9 Å². The first kappa shape index (κ1) is 19.4. The van der Waals surface area contributed by atoms with Gasteiger partial charge in [0.25, 0.3) is 5.69 Å². The number of methoxy groups -OCH3 is 1. The first-order chi connectivity index (χ1) is 13.4. The molecule has 1 aliphatic heterocycles. The fourth-order valence-corrected chi connectivity index (χ4v) is 2.78. The van der Waals surface area contributed by atoms with E-state index < -0.39 is 29.0 Å². The number of benzene rings is 2. The maximum atomic E-state index is 12.3. The van der Waals surface area contributed by atoms with Gasteiger partial charge in [0, 0.05) is 11.6 Å². The normalized spacial score (nSPS) is 12.2. The van der Waals surface area contributed by atoms with Crippen LogP contribution in [0.4, 0.5) is 5.69 Å². The molecule has 2 aromatic carbocycles. The molecule has 2 aromatic rings. The highest BCUT2D eigenvalue weighted by Crippen LogP contribution is 2.37. The van der Waals surface area contributed by atoms with Crippen LogP contribution in [0, 0.1) is 10.1 Å². The molecule has 0 saturated heterocycles. The Labute approximate surface area is 163 Å². The summed E-state index contributed by atoms with van der Waals surface area (Å²) in [7, 11) is 1.44. The third kappa shape index (κ3) is 3.99. The summed E-state index contributed by atoms with van der Waals surface area (Å²) in [5, 5.41) is 11.5. The van der Waals surface area contributed by atoms with E-state index in [1.165, 1.54) is 31.4 Å². The average molecular weight is 408 g/mol. The molecule has 0 unspecified atom stereocenters. The number of ether oxygens (including phenoxy) is 4. The molecule has 28 heavy (non-hydrogen) atoms. The van der Waals surface area contributed by atoms with E-state index in [2.05, 4.69) is 0 Å². The van der Waals surface area contributed by atoms with E-state index in [1.807, 2.05) is 0 Å². The Hall–Kier alpha value is -3.33. The summed E-state index contributed by atoms with van der Waals surface area (Å²) >= 11 is 5.97. The van der Waals surface area contributed by atoms with Gasteiger partial charge in [-0.2, -0.15) is 0 Å². The van der Waals surface area contributed by atoms with Gasteiger partial charge < -0.3 is 18.9 Å². The number of ketones is 1. The maximum absolute atomic E-state index is 12.3. The zero-order chi connectivity index (χ0) is 20.3. The van der Waals surface area contributed by atoms with Crippen LogP contribution < -0.4 is 14.2 Å². The van der Waals surface area contributed by atoms with Gasteiger partial charge in [-0.1, -0.05) is 11.6 Å². The Bertz CT molecular complexity index is 959. The molecule has 0 amide bonds.